The topological polar surface area (TPSA) is 83.0 Å². The molecule has 1 saturated heterocycles. The fraction of sp³-hybridized carbons (Fsp3) is 0.850. The second-order valence-corrected chi connectivity index (χ2v) is 7.81. The lowest BCUT2D eigenvalue weighted by Gasteiger charge is -2.22. The highest BCUT2D eigenvalue weighted by atomic mass is 16.5. The number of hydrogen-bond acceptors (Lipinski definition) is 4. The number of amides is 1. The first-order valence-corrected chi connectivity index (χ1v) is 10.4. The number of nitrogens with zero attached hydrogens (tertiary/aromatic N) is 2. The maximum atomic E-state index is 12.1. The number of rotatable bonds is 7. The van der Waals surface area contributed by atoms with Crippen LogP contribution in [0.25, 0.3) is 0 Å². The molecule has 7 nitrogen and oxygen atoms in total. The largest absolute Gasteiger partial charge is 0.469 e. The molecule has 2 unspecified atom stereocenters. The second-order valence-electron chi connectivity index (χ2n) is 7.81. The maximum absolute atomic E-state index is 12.1. The Labute approximate surface area is 163 Å². The van der Waals surface area contributed by atoms with E-state index in [0.717, 1.165) is 19.0 Å². The molecule has 2 N–H and O–H groups in total. The number of nitrogens with one attached hydrogen (secondary N) is 2. The van der Waals surface area contributed by atoms with Crippen LogP contribution in [0.2, 0.25) is 0 Å². The molecule has 1 aliphatic carbocycles. The second kappa shape index (κ2) is 11.1. The van der Waals surface area contributed by atoms with E-state index in [2.05, 4.69) is 27.4 Å². The molecule has 1 saturated carbocycles. The Balaban J connectivity index is 1.77. The van der Waals surface area contributed by atoms with E-state index in [4.69, 9.17) is 4.74 Å². The predicted octanol–water partition coefficient (Wildman–Crippen LogP) is 1.78. The fourth-order valence-electron chi connectivity index (χ4n) is 4.11. The van der Waals surface area contributed by atoms with E-state index in [-0.39, 0.29) is 23.7 Å². The molecule has 1 aliphatic heterocycles. The van der Waals surface area contributed by atoms with Crippen LogP contribution in [0.1, 0.15) is 52.4 Å². The average Bonchev–Trinajstić information content (AvgIpc) is 3.06. The zero-order chi connectivity index (χ0) is 19.6. The van der Waals surface area contributed by atoms with Gasteiger partial charge in [-0.25, -0.2) is 0 Å². The molecule has 0 aromatic rings. The third kappa shape index (κ3) is 6.70. The molecule has 1 amide bonds. The van der Waals surface area contributed by atoms with Crippen LogP contribution in [0.4, 0.5) is 0 Å². The van der Waals surface area contributed by atoms with Gasteiger partial charge >= 0.3 is 5.97 Å². The molecule has 154 valence electrons. The summed E-state index contributed by atoms with van der Waals surface area (Å²) in [6.07, 6.45) is 6.85. The molecule has 1 heterocycles. The lowest BCUT2D eigenvalue weighted by molar-refractivity contribution is -0.146. The van der Waals surface area contributed by atoms with E-state index in [0.29, 0.717) is 32.0 Å². The molecule has 0 aromatic carbocycles. The van der Waals surface area contributed by atoms with Crippen LogP contribution in [0.15, 0.2) is 4.99 Å². The first-order chi connectivity index (χ1) is 13.0. The van der Waals surface area contributed by atoms with E-state index in [1.54, 1.807) is 0 Å². The molecule has 0 bridgehead atoms. The van der Waals surface area contributed by atoms with Crippen LogP contribution < -0.4 is 10.6 Å². The van der Waals surface area contributed by atoms with Gasteiger partial charge < -0.3 is 20.3 Å². The number of hydrogen-bond donors (Lipinski definition) is 2. The quantitative estimate of drug-likeness (QED) is 0.304. The van der Waals surface area contributed by atoms with Gasteiger partial charge in [-0.3, -0.25) is 14.6 Å². The van der Waals surface area contributed by atoms with E-state index >= 15 is 0 Å². The number of methoxy groups -OCH3 is 1. The van der Waals surface area contributed by atoms with Gasteiger partial charge in [-0.05, 0) is 31.6 Å². The van der Waals surface area contributed by atoms with Gasteiger partial charge in [0.15, 0.2) is 5.96 Å². The van der Waals surface area contributed by atoms with Crippen LogP contribution in [0, 0.1) is 17.8 Å². The van der Waals surface area contributed by atoms with Gasteiger partial charge in [-0.15, -0.1) is 0 Å². The molecule has 7 heteroatoms. The van der Waals surface area contributed by atoms with Crippen LogP contribution in [0.3, 0.4) is 0 Å². The highest BCUT2D eigenvalue weighted by molar-refractivity contribution is 5.82. The highest BCUT2D eigenvalue weighted by Crippen LogP contribution is 2.26. The van der Waals surface area contributed by atoms with Crippen molar-refractivity contribution >= 4 is 17.8 Å². The van der Waals surface area contributed by atoms with Crippen molar-refractivity contribution in [1.29, 1.82) is 0 Å². The third-order valence-electron chi connectivity index (χ3n) is 5.65. The first kappa shape index (κ1) is 21.5. The summed E-state index contributed by atoms with van der Waals surface area (Å²) in [6, 6.07) is 0. The van der Waals surface area contributed by atoms with Crippen LogP contribution >= 0.6 is 0 Å². The van der Waals surface area contributed by atoms with E-state index in [9.17, 15) is 9.59 Å². The Bertz CT molecular complexity index is 517. The average molecular weight is 381 g/mol. The Morgan fingerprint density at radius 3 is 2.56 bits per heavy atom. The number of esters is 1. The highest BCUT2D eigenvalue weighted by Gasteiger charge is 2.36. The number of carbonyl (C=O) groups excluding carboxylic acids is 2. The number of likely N-dealkylation sites (tertiary alicyclic amines) is 1. The molecular formula is C20H36N4O3. The molecule has 0 aromatic heterocycles. The fourth-order valence-corrected chi connectivity index (χ4v) is 4.11. The SMILES string of the molecule is CCNC(=NCCNC(=O)CC1CCCCC1)N1CC(C)C(C(=O)OC)C1. The lowest BCUT2D eigenvalue weighted by atomic mass is 9.87. The number of carbonyl (C=O) groups is 2. The van der Waals surface area contributed by atoms with Crippen molar-refractivity contribution < 1.29 is 14.3 Å². The normalized spacial score (nSPS) is 24.0. The van der Waals surface area contributed by atoms with Crippen LogP contribution in [0.5, 0.6) is 0 Å². The van der Waals surface area contributed by atoms with Crippen molar-refractivity contribution in [2.75, 3.05) is 39.8 Å². The summed E-state index contributed by atoms with van der Waals surface area (Å²) in [6.45, 7) is 7.33. The van der Waals surface area contributed by atoms with Crippen molar-refractivity contribution in [2.45, 2.75) is 52.4 Å². The monoisotopic (exact) mass is 380 g/mol. The molecular weight excluding hydrogens is 344 g/mol. The Morgan fingerprint density at radius 2 is 1.89 bits per heavy atom. The third-order valence-corrected chi connectivity index (χ3v) is 5.65. The molecule has 2 rings (SSSR count). The summed E-state index contributed by atoms with van der Waals surface area (Å²) < 4.78 is 4.91. The zero-order valence-electron chi connectivity index (χ0n) is 17.1. The summed E-state index contributed by atoms with van der Waals surface area (Å²) >= 11 is 0. The van der Waals surface area contributed by atoms with Crippen molar-refractivity contribution in [3.63, 3.8) is 0 Å². The number of ether oxygens (including phenoxy) is 1. The molecule has 0 spiro atoms. The van der Waals surface area contributed by atoms with Crippen molar-refractivity contribution in [2.24, 2.45) is 22.7 Å². The van der Waals surface area contributed by atoms with Gasteiger partial charge in [0, 0.05) is 32.6 Å². The minimum absolute atomic E-state index is 0.117. The predicted molar refractivity (Wildman–Crippen MR) is 106 cm³/mol. The molecule has 2 atom stereocenters. The molecule has 0 radical (unpaired) electrons. The van der Waals surface area contributed by atoms with Crippen LogP contribution in [-0.2, 0) is 14.3 Å². The summed E-state index contributed by atoms with van der Waals surface area (Å²) in [5, 5.41) is 6.28. The summed E-state index contributed by atoms with van der Waals surface area (Å²) in [5.41, 5.74) is 0. The number of aliphatic imine (C=N–C) groups is 1. The van der Waals surface area contributed by atoms with E-state index < -0.39 is 0 Å². The zero-order valence-corrected chi connectivity index (χ0v) is 17.1. The van der Waals surface area contributed by atoms with Gasteiger partial charge in [0.2, 0.25) is 5.91 Å². The van der Waals surface area contributed by atoms with Crippen molar-refractivity contribution in [1.82, 2.24) is 15.5 Å². The van der Waals surface area contributed by atoms with E-state index in [1.807, 2.05) is 6.92 Å². The Morgan fingerprint density at radius 1 is 1.15 bits per heavy atom. The summed E-state index contributed by atoms with van der Waals surface area (Å²) in [4.78, 5) is 30.7. The lowest BCUT2D eigenvalue weighted by Crippen LogP contribution is -2.41. The first-order valence-electron chi connectivity index (χ1n) is 10.4. The Hall–Kier alpha value is -1.79. The van der Waals surface area contributed by atoms with Gasteiger partial charge in [0.05, 0.1) is 19.6 Å². The summed E-state index contributed by atoms with van der Waals surface area (Å²) in [7, 11) is 1.44. The molecule has 2 aliphatic rings. The van der Waals surface area contributed by atoms with Gasteiger partial charge in [-0.2, -0.15) is 0 Å². The smallest absolute Gasteiger partial charge is 0.310 e. The van der Waals surface area contributed by atoms with Crippen LogP contribution in [-0.4, -0.2) is 62.6 Å². The minimum Gasteiger partial charge on any atom is -0.469 e. The minimum atomic E-state index is -0.157. The van der Waals surface area contributed by atoms with E-state index in [1.165, 1.54) is 39.2 Å². The molecule has 2 fully saturated rings. The van der Waals surface area contributed by atoms with Gasteiger partial charge in [-0.1, -0.05) is 26.2 Å². The standard InChI is InChI=1S/C20H36N4O3/c1-4-21-20(24-13-15(2)17(14-24)19(26)27-3)23-11-10-22-18(25)12-16-8-6-5-7-9-16/h15-17H,4-14H2,1-3H3,(H,21,23)(H,22,25). The molecule has 27 heavy (non-hydrogen) atoms. The Kier molecular flexibility index (Phi) is 8.88. The summed E-state index contributed by atoms with van der Waals surface area (Å²) in [5.74, 6) is 1.46. The number of guanidine groups is 1. The van der Waals surface area contributed by atoms with Gasteiger partial charge in [0.25, 0.3) is 0 Å². The van der Waals surface area contributed by atoms with Crippen molar-refractivity contribution in [3.8, 4) is 0 Å². The van der Waals surface area contributed by atoms with Crippen molar-refractivity contribution in [3.05, 3.63) is 0 Å². The maximum Gasteiger partial charge on any atom is 0.310 e. The van der Waals surface area contributed by atoms with Gasteiger partial charge in [0.1, 0.15) is 0 Å².